The van der Waals surface area contributed by atoms with Gasteiger partial charge in [0, 0.05) is 13.2 Å². The van der Waals surface area contributed by atoms with Crippen molar-refractivity contribution >= 4 is 6.09 Å². The fourth-order valence-corrected chi connectivity index (χ4v) is 2.16. The zero-order chi connectivity index (χ0) is 12.9. The first-order chi connectivity index (χ1) is 7.90. The van der Waals surface area contributed by atoms with E-state index < -0.39 is 5.60 Å². The Morgan fingerprint density at radius 2 is 1.76 bits per heavy atom. The third-order valence-corrected chi connectivity index (χ3v) is 3.16. The highest BCUT2D eigenvalue weighted by molar-refractivity contribution is 5.67. The summed E-state index contributed by atoms with van der Waals surface area (Å²) in [6.45, 7) is 6.57. The SMILES string of the molecule is CC(C)(C)OC(=O)NC[C@H]1CC[C@H](CO)CC1. The van der Waals surface area contributed by atoms with Crippen LogP contribution in [0.4, 0.5) is 4.79 Å². The third kappa shape index (κ3) is 5.91. The Morgan fingerprint density at radius 3 is 2.24 bits per heavy atom. The second-order valence-corrected chi connectivity index (χ2v) is 5.95. The van der Waals surface area contributed by atoms with Gasteiger partial charge in [0.05, 0.1) is 0 Å². The van der Waals surface area contributed by atoms with Crippen LogP contribution in [-0.2, 0) is 4.74 Å². The van der Waals surface area contributed by atoms with Gasteiger partial charge in [0.1, 0.15) is 5.60 Å². The monoisotopic (exact) mass is 243 g/mol. The summed E-state index contributed by atoms with van der Waals surface area (Å²) in [5.74, 6) is 0.998. The molecule has 17 heavy (non-hydrogen) atoms. The second-order valence-electron chi connectivity index (χ2n) is 5.95. The average Bonchev–Trinajstić information content (AvgIpc) is 2.25. The van der Waals surface area contributed by atoms with E-state index in [1.807, 2.05) is 20.8 Å². The summed E-state index contributed by atoms with van der Waals surface area (Å²) in [7, 11) is 0. The van der Waals surface area contributed by atoms with Crippen molar-refractivity contribution in [1.82, 2.24) is 5.32 Å². The normalized spacial score (nSPS) is 25.4. The van der Waals surface area contributed by atoms with Gasteiger partial charge in [0.15, 0.2) is 0 Å². The van der Waals surface area contributed by atoms with Crippen LogP contribution in [0.3, 0.4) is 0 Å². The molecule has 0 aromatic carbocycles. The van der Waals surface area contributed by atoms with E-state index >= 15 is 0 Å². The van der Waals surface area contributed by atoms with E-state index in [4.69, 9.17) is 9.84 Å². The van der Waals surface area contributed by atoms with Crippen LogP contribution in [0.25, 0.3) is 0 Å². The van der Waals surface area contributed by atoms with Crippen LogP contribution < -0.4 is 5.32 Å². The fraction of sp³-hybridized carbons (Fsp3) is 0.923. The minimum absolute atomic E-state index is 0.298. The van der Waals surface area contributed by atoms with Crippen molar-refractivity contribution in [3.8, 4) is 0 Å². The molecule has 0 saturated heterocycles. The predicted molar refractivity (Wildman–Crippen MR) is 66.8 cm³/mol. The first kappa shape index (κ1) is 14.3. The molecule has 1 aliphatic carbocycles. The van der Waals surface area contributed by atoms with Gasteiger partial charge < -0.3 is 15.2 Å². The molecule has 1 amide bonds. The molecule has 0 radical (unpaired) electrons. The molecule has 0 unspecified atom stereocenters. The van der Waals surface area contributed by atoms with Gasteiger partial charge in [0.2, 0.25) is 0 Å². The third-order valence-electron chi connectivity index (χ3n) is 3.16. The molecule has 0 aliphatic heterocycles. The van der Waals surface area contributed by atoms with Crippen molar-refractivity contribution in [2.45, 2.75) is 52.1 Å². The summed E-state index contributed by atoms with van der Waals surface area (Å²) in [6.07, 6.45) is 3.97. The number of alkyl carbamates (subject to hydrolysis) is 1. The first-order valence-corrected chi connectivity index (χ1v) is 6.48. The molecule has 1 aliphatic rings. The summed E-state index contributed by atoms with van der Waals surface area (Å²) in [4.78, 5) is 11.4. The summed E-state index contributed by atoms with van der Waals surface area (Å²) in [6, 6.07) is 0. The van der Waals surface area contributed by atoms with Crippen molar-refractivity contribution in [3.63, 3.8) is 0 Å². The Hall–Kier alpha value is -0.770. The summed E-state index contributed by atoms with van der Waals surface area (Å²) >= 11 is 0. The number of rotatable bonds is 3. The van der Waals surface area contributed by atoms with E-state index in [1.165, 1.54) is 0 Å². The highest BCUT2D eigenvalue weighted by atomic mass is 16.6. The topological polar surface area (TPSA) is 58.6 Å². The number of carbonyl (C=O) groups excluding carboxylic acids is 1. The fourth-order valence-electron chi connectivity index (χ4n) is 2.16. The van der Waals surface area contributed by atoms with Crippen LogP contribution in [0.15, 0.2) is 0 Å². The lowest BCUT2D eigenvalue weighted by atomic mass is 9.82. The van der Waals surface area contributed by atoms with Crippen LogP contribution >= 0.6 is 0 Å². The average molecular weight is 243 g/mol. The number of aliphatic hydroxyl groups excluding tert-OH is 1. The minimum atomic E-state index is -0.432. The predicted octanol–water partition coefficient (Wildman–Crippen LogP) is 2.31. The molecule has 1 saturated carbocycles. The molecule has 0 atom stereocenters. The molecule has 0 bridgehead atoms. The van der Waals surface area contributed by atoms with Crippen molar-refractivity contribution in [1.29, 1.82) is 0 Å². The standard InChI is InChI=1S/C13H25NO3/c1-13(2,3)17-12(16)14-8-10-4-6-11(9-15)7-5-10/h10-11,15H,4-9H2,1-3H3,(H,14,16)/t10-,11-. The molecule has 0 aromatic heterocycles. The lowest BCUT2D eigenvalue weighted by molar-refractivity contribution is 0.0510. The van der Waals surface area contributed by atoms with Gasteiger partial charge >= 0.3 is 6.09 Å². The molecule has 0 spiro atoms. The lowest BCUT2D eigenvalue weighted by Gasteiger charge is -2.27. The van der Waals surface area contributed by atoms with E-state index in [-0.39, 0.29) is 6.09 Å². The molecular formula is C13H25NO3. The zero-order valence-corrected chi connectivity index (χ0v) is 11.2. The van der Waals surface area contributed by atoms with Crippen LogP contribution in [0, 0.1) is 11.8 Å². The van der Waals surface area contributed by atoms with Crippen LogP contribution in [0.2, 0.25) is 0 Å². The highest BCUT2D eigenvalue weighted by Gasteiger charge is 2.22. The van der Waals surface area contributed by atoms with Gasteiger partial charge in [-0.25, -0.2) is 4.79 Å². The molecule has 0 heterocycles. The van der Waals surface area contributed by atoms with E-state index in [2.05, 4.69) is 5.32 Å². The summed E-state index contributed by atoms with van der Waals surface area (Å²) < 4.78 is 5.18. The summed E-state index contributed by atoms with van der Waals surface area (Å²) in [5.41, 5.74) is -0.432. The molecule has 4 nitrogen and oxygen atoms in total. The lowest BCUT2D eigenvalue weighted by Crippen LogP contribution is -2.36. The van der Waals surface area contributed by atoms with E-state index in [0.717, 1.165) is 25.7 Å². The Morgan fingerprint density at radius 1 is 1.24 bits per heavy atom. The van der Waals surface area contributed by atoms with Crippen molar-refractivity contribution < 1.29 is 14.6 Å². The van der Waals surface area contributed by atoms with Gasteiger partial charge in [-0.05, 0) is 58.3 Å². The number of hydrogen-bond donors (Lipinski definition) is 2. The number of ether oxygens (including phenoxy) is 1. The van der Waals surface area contributed by atoms with E-state index in [1.54, 1.807) is 0 Å². The molecule has 4 heteroatoms. The quantitative estimate of drug-likeness (QED) is 0.799. The van der Waals surface area contributed by atoms with Crippen LogP contribution in [0.5, 0.6) is 0 Å². The van der Waals surface area contributed by atoms with E-state index in [9.17, 15) is 4.79 Å². The van der Waals surface area contributed by atoms with Crippen molar-refractivity contribution in [2.75, 3.05) is 13.2 Å². The molecule has 1 rings (SSSR count). The number of amides is 1. The molecule has 100 valence electrons. The van der Waals surface area contributed by atoms with Gasteiger partial charge in [0.25, 0.3) is 0 Å². The minimum Gasteiger partial charge on any atom is -0.444 e. The van der Waals surface area contributed by atoms with Crippen LogP contribution in [0.1, 0.15) is 46.5 Å². The molecule has 1 fully saturated rings. The summed E-state index contributed by atoms with van der Waals surface area (Å²) in [5, 5.41) is 11.9. The van der Waals surface area contributed by atoms with Crippen molar-refractivity contribution in [2.24, 2.45) is 11.8 Å². The van der Waals surface area contributed by atoms with Gasteiger partial charge in [-0.15, -0.1) is 0 Å². The largest absolute Gasteiger partial charge is 0.444 e. The molecule has 0 aromatic rings. The van der Waals surface area contributed by atoms with Gasteiger partial charge in [-0.2, -0.15) is 0 Å². The zero-order valence-electron chi connectivity index (χ0n) is 11.2. The maximum Gasteiger partial charge on any atom is 0.407 e. The smallest absolute Gasteiger partial charge is 0.407 e. The van der Waals surface area contributed by atoms with Crippen LogP contribution in [-0.4, -0.2) is 30.0 Å². The number of hydrogen-bond acceptors (Lipinski definition) is 3. The molecule has 2 N–H and O–H groups in total. The maximum atomic E-state index is 11.4. The van der Waals surface area contributed by atoms with Gasteiger partial charge in [-0.3, -0.25) is 0 Å². The van der Waals surface area contributed by atoms with Gasteiger partial charge in [-0.1, -0.05) is 0 Å². The first-order valence-electron chi connectivity index (χ1n) is 6.48. The Balaban J connectivity index is 2.17. The highest BCUT2D eigenvalue weighted by Crippen LogP contribution is 2.27. The number of aliphatic hydroxyl groups is 1. The Bertz CT molecular complexity index is 240. The molecular weight excluding hydrogens is 218 g/mol. The van der Waals surface area contributed by atoms with Crippen molar-refractivity contribution in [3.05, 3.63) is 0 Å². The maximum absolute atomic E-state index is 11.4. The number of nitrogens with one attached hydrogen (secondary N) is 1. The second kappa shape index (κ2) is 6.24. The number of carbonyl (C=O) groups is 1. The Kier molecular flexibility index (Phi) is 5.25. The Labute approximate surface area is 104 Å². The van der Waals surface area contributed by atoms with E-state index in [0.29, 0.717) is 25.0 Å².